The van der Waals surface area contributed by atoms with Crippen molar-refractivity contribution < 1.29 is 13.5 Å². The van der Waals surface area contributed by atoms with E-state index in [0.29, 0.717) is 18.4 Å². The van der Waals surface area contributed by atoms with Gasteiger partial charge in [0.05, 0.1) is 17.7 Å². The van der Waals surface area contributed by atoms with Gasteiger partial charge in [-0.15, -0.1) is 0 Å². The van der Waals surface area contributed by atoms with Crippen molar-refractivity contribution in [3.05, 3.63) is 30.4 Å². The van der Waals surface area contributed by atoms with Crippen LogP contribution in [0.4, 0.5) is 0 Å². The van der Waals surface area contributed by atoms with E-state index in [9.17, 15) is 8.76 Å². The second kappa shape index (κ2) is 10.4. The number of hydrogen-bond acceptors (Lipinski definition) is 7. The third-order valence-corrected chi connectivity index (χ3v) is 8.51. The Bertz CT molecular complexity index is 1140. The number of aromatic amines is 1. The Kier molecular flexibility index (Phi) is 7.24. The molecule has 8 nitrogen and oxygen atoms in total. The van der Waals surface area contributed by atoms with Crippen molar-refractivity contribution >= 4 is 32.9 Å². The van der Waals surface area contributed by atoms with Gasteiger partial charge in [0.2, 0.25) is 0 Å². The van der Waals surface area contributed by atoms with Crippen LogP contribution >= 0.6 is 0 Å². The molecule has 3 aromatic heterocycles. The maximum atomic E-state index is 12.4. The Labute approximate surface area is 203 Å². The second-order valence-electron chi connectivity index (χ2n) is 10.3. The van der Waals surface area contributed by atoms with Crippen LogP contribution in [0.15, 0.2) is 24.7 Å². The lowest BCUT2D eigenvalue weighted by molar-refractivity contribution is -0.0217. The van der Waals surface area contributed by atoms with Crippen molar-refractivity contribution in [2.24, 2.45) is 11.8 Å². The Morgan fingerprint density at radius 1 is 1.21 bits per heavy atom. The number of piperidine rings is 1. The minimum Gasteiger partial charge on any atom is -0.771 e. The van der Waals surface area contributed by atoms with Gasteiger partial charge in [0.1, 0.15) is 0 Å². The first kappa shape index (κ1) is 23.8. The zero-order valence-corrected chi connectivity index (χ0v) is 20.8. The van der Waals surface area contributed by atoms with Crippen LogP contribution in [-0.4, -0.2) is 65.0 Å². The lowest BCUT2D eigenvalue weighted by atomic mass is 9.79. The van der Waals surface area contributed by atoms with Gasteiger partial charge >= 0.3 is 0 Å². The molecule has 0 amide bonds. The highest BCUT2D eigenvalue weighted by molar-refractivity contribution is 7.79. The first-order chi connectivity index (χ1) is 16.5. The number of nitrogens with zero attached hydrogens (tertiary/aromatic N) is 4. The Hall–Kier alpha value is -1.94. The molecule has 0 spiro atoms. The minimum absolute atomic E-state index is 0.129. The first-order valence-electron chi connectivity index (χ1n) is 12.5. The summed E-state index contributed by atoms with van der Waals surface area (Å²) < 4.78 is 30.9. The number of likely N-dealkylation sites (tertiary alicyclic amines) is 1. The summed E-state index contributed by atoms with van der Waals surface area (Å²) in [7, 11) is 0. The van der Waals surface area contributed by atoms with Gasteiger partial charge in [0, 0.05) is 53.3 Å². The molecule has 1 aliphatic heterocycles. The lowest BCUT2D eigenvalue weighted by Gasteiger charge is -2.44. The number of H-pyrrole nitrogens is 1. The Balaban J connectivity index is 1.30. The standard InChI is InChI=1S/C25H35N5O3S/c1-16(2)15-33-20-4-3-11-30(14-20)25(34(31)32)18-7-5-17(6-8-18)23-22-19(13-28-29-23)12-27-24-21(22)9-10-26-24/h9-10,12-13,16-18,20,25,29H,3-8,11,14-15H2,1-2H3,(H,31,32)/p-1. The number of pyridine rings is 1. The first-order valence-corrected chi connectivity index (χ1v) is 13.7. The van der Waals surface area contributed by atoms with Crippen LogP contribution in [0.3, 0.4) is 0 Å². The number of rotatable bonds is 7. The van der Waals surface area contributed by atoms with Gasteiger partial charge in [0.25, 0.3) is 0 Å². The van der Waals surface area contributed by atoms with E-state index >= 15 is 0 Å². The van der Waals surface area contributed by atoms with E-state index in [0.717, 1.165) is 79.2 Å². The molecule has 1 saturated carbocycles. The Morgan fingerprint density at radius 3 is 2.79 bits per heavy atom. The Morgan fingerprint density at radius 2 is 2.03 bits per heavy atom. The van der Waals surface area contributed by atoms with E-state index in [2.05, 4.69) is 38.9 Å². The molecule has 4 heterocycles. The fourth-order valence-electron chi connectivity index (χ4n) is 5.83. The SMILES string of the molecule is CC(C)COC1CCCN(C(C2CCC(c3[nH]ncc4cnc5nccc5c34)CC2)S(=O)[O-])C1. The second-order valence-corrected chi connectivity index (χ2v) is 11.3. The van der Waals surface area contributed by atoms with Crippen LogP contribution < -0.4 is 0 Å². The molecule has 184 valence electrons. The molecule has 34 heavy (non-hydrogen) atoms. The molecule has 2 aliphatic rings. The predicted molar refractivity (Wildman–Crippen MR) is 132 cm³/mol. The average Bonchev–Trinajstić information content (AvgIpc) is 3.32. The van der Waals surface area contributed by atoms with E-state index in [-0.39, 0.29) is 12.0 Å². The summed E-state index contributed by atoms with van der Waals surface area (Å²) in [5.74, 6) is 0.942. The van der Waals surface area contributed by atoms with Crippen LogP contribution in [-0.2, 0) is 15.8 Å². The van der Waals surface area contributed by atoms with Gasteiger partial charge in [-0.25, -0.2) is 9.97 Å². The van der Waals surface area contributed by atoms with Crippen molar-refractivity contribution in [2.45, 2.75) is 69.8 Å². The summed E-state index contributed by atoms with van der Waals surface area (Å²) >= 11 is -2.13. The van der Waals surface area contributed by atoms with Crippen molar-refractivity contribution in [1.82, 2.24) is 25.1 Å². The van der Waals surface area contributed by atoms with Crippen molar-refractivity contribution in [3.63, 3.8) is 0 Å². The third-order valence-electron chi connectivity index (χ3n) is 7.44. The van der Waals surface area contributed by atoms with Crippen molar-refractivity contribution in [3.8, 4) is 0 Å². The fraction of sp³-hybridized carbons (Fsp3) is 0.640. The molecule has 3 unspecified atom stereocenters. The molecule has 9 heteroatoms. The van der Waals surface area contributed by atoms with Crippen LogP contribution in [0.5, 0.6) is 0 Å². The summed E-state index contributed by atoms with van der Waals surface area (Å²) in [6.07, 6.45) is 11.2. The maximum absolute atomic E-state index is 12.4. The molecular weight excluding hydrogens is 450 g/mol. The monoisotopic (exact) mass is 484 g/mol. The maximum Gasteiger partial charge on any atom is 0.159 e. The summed E-state index contributed by atoms with van der Waals surface area (Å²) in [5, 5.41) is 10.4. The predicted octanol–water partition coefficient (Wildman–Crippen LogP) is 4.12. The average molecular weight is 485 g/mol. The quantitative estimate of drug-likeness (QED) is 0.503. The van der Waals surface area contributed by atoms with Gasteiger partial charge in [0.15, 0.2) is 5.65 Å². The van der Waals surface area contributed by atoms with Crippen molar-refractivity contribution in [1.29, 1.82) is 0 Å². The van der Waals surface area contributed by atoms with Gasteiger partial charge in [-0.2, -0.15) is 5.10 Å². The molecule has 3 atom stereocenters. The number of fused-ring (bicyclic) bond motifs is 3. The molecule has 0 aromatic carbocycles. The molecule has 0 bridgehead atoms. The highest BCUT2D eigenvalue weighted by atomic mass is 32.2. The van der Waals surface area contributed by atoms with E-state index in [4.69, 9.17) is 4.74 Å². The van der Waals surface area contributed by atoms with E-state index < -0.39 is 16.5 Å². The summed E-state index contributed by atoms with van der Waals surface area (Å²) in [6, 6.07) is 2.01. The highest BCUT2D eigenvalue weighted by Gasteiger charge is 2.36. The number of hydrogen-bond donors (Lipinski definition) is 1. The zero-order valence-electron chi connectivity index (χ0n) is 20.0. The molecule has 5 rings (SSSR count). The van der Waals surface area contributed by atoms with E-state index in [1.807, 2.05) is 18.5 Å². The largest absolute Gasteiger partial charge is 0.771 e. The van der Waals surface area contributed by atoms with Gasteiger partial charge in [-0.1, -0.05) is 13.8 Å². The molecular formula is C25H34N5O3S-. The van der Waals surface area contributed by atoms with Gasteiger partial charge in [-0.3, -0.25) is 14.2 Å². The van der Waals surface area contributed by atoms with Gasteiger partial charge in [-0.05, 0) is 74.1 Å². The van der Waals surface area contributed by atoms with Crippen molar-refractivity contribution in [2.75, 3.05) is 19.7 Å². The van der Waals surface area contributed by atoms with E-state index in [1.54, 1.807) is 6.20 Å². The topological polar surface area (TPSA) is 107 Å². The zero-order chi connectivity index (χ0) is 23.7. The van der Waals surface area contributed by atoms with Crippen LogP contribution in [0.2, 0.25) is 0 Å². The van der Waals surface area contributed by atoms with E-state index in [1.165, 1.54) is 0 Å². The molecule has 1 saturated heterocycles. The van der Waals surface area contributed by atoms with Gasteiger partial charge < -0.3 is 9.29 Å². The highest BCUT2D eigenvalue weighted by Crippen LogP contribution is 2.41. The number of ether oxygens (including phenoxy) is 1. The number of aromatic nitrogens is 4. The molecule has 2 fully saturated rings. The molecule has 1 N–H and O–H groups in total. The third kappa shape index (κ3) is 4.89. The normalized spacial score (nSPS) is 26.3. The van der Waals surface area contributed by atoms with Crippen LogP contribution in [0, 0.1) is 11.8 Å². The minimum atomic E-state index is -2.13. The molecule has 0 radical (unpaired) electrons. The number of nitrogens with one attached hydrogen (secondary N) is 1. The summed E-state index contributed by atoms with van der Waals surface area (Å²) in [6.45, 7) is 6.56. The summed E-state index contributed by atoms with van der Waals surface area (Å²) in [4.78, 5) is 11.0. The van der Waals surface area contributed by atoms with Crippen LogP contribution in [0.1, 0.15) is 64.0 Å². The van der Waals surface area contributed by atoms with Crippen LogP contribution in [0.25, 0.3) is 21.8 Å². The lowest BCUT2D eigenvalue weighted by Crippen LogP contribution is -2.51. The summed E-state index contributed by atoms with van der Waals surface area (Å²) in [5.41, 5.74) is 1.87. The fourth-order valence-corrected chi connectivity index (χ4v) is 6.85. The molecule has 1 aliphatic carbocycles. The smallest absolute Gasteiger partial charge is 0.159 e. The molecule has 3 aromatic rings.